The smallest absolute Gasteiger partial charge is 0.338 e. The number of carbonyl (C=O) groups excluding carboxylic acids is 2. The van der Waals surface area contributed by atoms with Crippen LogP contribution in [0.3, 0.4) is 0 Å². The Morgan fingerprint density at radius 2 is 1.73 bits per heavy atom. The quantitative estimate of drug-likeness (QED) is 0.614. The van der Waals surface area contributed by atoms with Crippen molar-refractivity contribution in [3.63, 3.8) is 0 Å². The molecule has 2 rings (SSSR count). The van der Waals surface area contributed by atoms with E-state index in [2.05, 4.69) is 27.9 Å². The summed E-state index contributed by atoms with van der Waals surface area (Å²) in [6.07, 6.45) is 0. The van der Waals surface area contributed by atoms with Gasteiger partial charge < -0.3 is 10.1 Å². The lowest BCUT2D eigenvalue weighted by Crippen LogP contribution is -2.21. The number of hydrogen-bond acceptors (Lipinski definition) is 3. The summed E-state index contributed by atoms with van der Waals surface area (Å²) in [5, 5.41) is 2.30. The highest BCUT2D eigenvalue weighted by atomic mass is 127. The molecule has 0 spiro atoms. The first-order valence-electron chi connectivity index (χ1n) is 6.13. The van der Waals surface area contributed by atoms with Crippen LogP contribution < -0.4 is 5.32 Å². The van der Waals surface area contributed by atoms with Crippen molar-refractivity contribution in [2.45, 2.75) is 0 Å². The number of ether oxygens (including phenoxy) is 1. The van der Waals surface area contributed by atoms with E-state index in [9.17, 15) is 18.4 Å². The second-order valence-electron chi connectivity index (χ2n) is 4.26. The summed E-state index contributed by atoms with van der Waals surface area (Å²) in [7, 11) is 0. The van der Waals surface area contributed by atoms with Crippen molar-refractivity contribution in [3.8, 4) is 0 Å². The summed E-state index contributed by atoms with van der Waals surface area (Å²) in [6, 6.07) is 9.57. The number of amides is 1. The van der Waals surface area contributed by atoms with Crippen LogP contribution in [0, 0.1) is 15.2 Å². The molecule has 0 unspecified atom stereocenters. The van der Waals surface area contributed by atoms with Gasteiger partial charge in [0.2, 0.25) is 0 Å². The maximum Gasteiger partial charge on any atom is 0.338 e. The second-order valence-corrected chi connectivity index (χ2v) is 5.51. The standard InChI is InChI=1S/C15H10F2INO3/c16-12-6-5-11(7-13(12)17)19-14(20)8-22-15(21)9-1-3-10(18)4-2-9/h1-7H,8H2,(H,19,20). The van der Waals surface area contributed by atoms with Crippen molar-refractivity contribution in [1.29, 1.82) is 0 Å². The molecule has 1 N–H and O–H groups in total. The van der Waals surface area contributed by atoms with Crippen LogP contribution in [-0.2, 0) is 9.53 Å². The molecule has 4 nitrogen and oxygen atoms in total. The predicted molar refractivity (Wildman–Crippen MR) is 84.4 cm³/mol. The van der Waals surface area contributed by atoms with E-state index < -0.39 is 30.1 Å². The Kier molecular flexibility index (Phi) is 5.42. The van der Waals surface area contributed by atoms with Crippen molar-refractivity contribution in [1.82, 2.24) is 0 Å². The van der Waals surface area contributed by atoms with Gasteiger partial charge in [0, 0.05) is 15.3 Å². The molecule has 0 aliphatic heterocycles. The SMILES string of the molecule is O=C(COC(=O)c1ccc(I)cc1)Nc1ccc(F)c(F)c1. The number of hydrogen-bond donors (Lipinski definition) is 1. The minimum Gasteiger partial charge on any atom is -0.452 e. The minimum atomic E-state index is -1.08. The first-order valence-corrected chi connectivity index (χ1v) is 7.21. The van der Waals surface area contributed by atoms with E-state index in [1.165, 1.54) is 6.07 Å². The lowest BCUT2D eigenvalue weighted by molar-refractivity contribution is -0.119. The van der Waals surface area contributed by atoms with Crippen LogP contribution >= 0.6 is 22.6 Å². The number of carbonyl (C=O) groups is 2. The molecule has 114 valence electrons. The van der Waals surface area contributed by atoms with E-state index >= 15 is 0 Å². The summed E-state index contributed by atoms with van der Waals surface area (Å²) in [5.41, 5.74) is 0.398. The summed E-state index contributed by atoms with van der Waals surface area (Å²) in [4.78, 5) is 23.3. The van der Waals surface area contributed by atoms with E-state index in [0.717, 1.165) is 15.7 Å². The van der Waals surface area contributed by atoms with Gasteiger partial charge in [-0.1, -0.05) is 0 Å². The van der Waals surface area contributed by atoms with E-state index in [1.807, 2.05) is 0 Å². The molecule has 0 aliphatic rings. The van der Waals surface area contributed by atoms with E-state index in [0.29, 0.717) is 5.56 Å². The highest BCUT2D eigenvalue weighted by molar-refractivity contribution is 14.1. The van der Waals surface area contributed by atoms with Crippen LogP contribution in [0.15, 0.2) is 42.5 Å². The second kappa shape index (κ2) is 7.30. The maximum absolute atomic E-state index is 13.0. The maximum atomic E-state index is 13.0. The molecule has 2 aromatic carbocycles. The number of esters is 1. The third-order valence-corrected chi connectivity index (χ3v) is 3.34. The average Bonchev–Trinajstić information content (AvgIpc) is 2.49. The van der Waals surface area contributed by atoms with Crippen molar-refractivity contribution in [2.75, 3.05) is 11.9 Å². The molecule has 0 aliphatic carbocycles. The van der Waals surface area contributed by atoms with Gasteiger partial charge in [-0.15, -0.1) is 0 Å². The van der Waals surface area contributed by atoms with Gasteiger partial charge in [-0.05, 0) is 59.0 Å². The number of rotatable bonds is 4. The fourth-order valence-corrected chi connectivity index (χ4v) is 1.93. The zero-order valence-electron chi connectivity index (χ0n) is 11.1. The topological polar surface area (TPSA) is 55.4 Å². The minimum absolute atomic E-state index is 0.0780. The molecule has 1 amide bonds. The number of benzene rings is 2. The monoisotopic (exact) mass is 417 g/mol. The third kappa shape index (κ3) is 4.48. The predicted octanol–water partition coefficient (Wildman–Crippen LogP) is 3.36. The van der Waals surface area contributed by atoms with Crippen LogP contribution in [0.2, 0.25) is 0 Å². The van der Waals surface area contributed by atoms with Gasteiger partial charge in [0.1, 0.15) is 0 Å². The molecular formula is C15H10F2INO3. The zero-order chi connectivity index (χ0) is 16.1. The fraction of sp³-hybridized carbons (Fsp3) is 0.0667. The van der Waals surface area contributed by atoms with Gasteiger partial charge >= 0.3 is 5.97 Å². The largest absolute Gasteiger partial charge is 0.452 e. The van der Waals surface area contributed by atoms with Crippen molar-refractivity contribution >= 4 is 40.2 Å². The van der Waals surface area contributed by atoms with Gasteiger partial charge in [-0.2, -0.15) is 0 Å². The third-order valence-electron chi connectivity index (χ3n) is 2.62. The molecule has 0 heterocycles. The highest BCUT2D eigenvalue weighted by Gasteiger charge is 2.11. The van der Waals surface area contributed by atoms with E-state index in [-0.39, 0.29) is 5.69 Å². The molecule has 0 atom stereocenters. The summed E-state index contributed by atoms with van der Waals surface area (Å²) in [5.74, 6) is -3.38. The van der Waals surface area contributed by atoms with E-state index in [1.54, 1.807) is 24.3 Å². The van der Waals surface area contributed by atoms with Crippen molar-refractivity contribution < 1.29 is 23.1 Å². The van der Waals surface area contributed by atoms with Crippen LogP contribution in [0.25, 0.3) is 0 Å². The van der Waals surface area contributed by atoms with Crippen LogP contribution in [-0.4, -0.2) is 18.5 Å². The highest BCUT2D eigenvalue weighted by Crippen LogP contribution is 2.13. The van der Waals surface area contributed by atoms with Crippen LogP contribution in [0.5, 0.6) is 0 Å². The first kappa shape index (κ1) is 16.3. The molecule has 22 heavy (non-hydrogen) atoms. The van der Waals surface area contributed by atoms with Crippen molar-refractivity contribution in [2.24, 2.45) is 0 Å². The molecule has 0 bridgehead atoms. The average molecular weight is 417 g/mol. The zero-order valence-corrected chi connectivity index (χ0v) is 13.3. The van der Waals surface area contributed by atoms with Gasteiger partial charge in [-0.3, -0.25) is 4.79 Å². The lowest BCUT2D eigenvalue weighted by Gasteiger charge is -2.07. The number of halogens is 3. The normalized spacial score (nSPS) is 10.1. The summed E-state index contributed by atoms with van der Waals surface area (Å²) in [6.45, 7) is -0.524. The lowest BCUT2D eigenvalue weighted by atomic mass is 10.2. The molecular weight excluding hydrogens is 407 g/mol. The summed E-state index contributed by atoms with van der Waals surface area (Å²) < 4.78 is 31.5. The Morgan fingerprint density at radius 3 is 2.36 bits per heavy atom. The number of anilines is 1. The molecule has 0 saturated heterocycles. The molecule has 0 aromatic heterocycles. The Balaban J connectivity index is 1.88. The molecule has 0 radical (unpaired) electrons. The van der Waals surface area contributed by atoms with Crippen LogP contribution in [0.1, 0.15) is 10.4 Å². The molecule has 2 aromatic rings. The Hall–Kier alpha value is -2.03. The Morgan fingerprint density at radius 1 is 1.05 bits per heavy atom. The van der Waals surface area contributed by atoms with Crippen LogP contribution in [0.4, 0.5) is 14.5 Å². The summed E-state index contributed by atoms with van der Waals surface area (Å²) >= 11 is 2.10. The van der Waals surface area contributed by atoms with E-state index in [4.69, 9.17) is 4.74 Å². The van der Waals surface area contributed by atoms with Crippen molar-refractivity contribution in [3.05, 3.63) is 63.2 Å². The first-order chi connectivity index (χ1) is 10.5. The Bertz CT molecular complexity index is 704. The number of nitrogens with one attached hydrogen (secondary N) is 1. The molecule has 0 fully saturated rings. The molecule has 0 saturated carbocycles. The van der Waals surface area contributed by atoms with Gasteiger partial charge in [0.05, 0.1) is 5.56 Å². The van der Waals surface area contributed by atoms with Gasteiger partial charge in [0.25, 0.3) is 5.91 Å². The van der Waals surface area contributed by atoms with Gasteiger partial charge in [0.15, 0.2) is 18.2 Å². The Labute approximate surface area is 138 Å². The fourth-order valence-electron chi connectivity index (χ4n) is 1.57. The molecule has 7 heteroatoms. The van der Waals surface area contributed by atoms with Gasteiger partial charge in [-0.25, -0.2) is 13.6 Å².